The minimum atomic E-state index is 0.167. The van der Waals surface area contributed by atoms with Crippen LogP contribution in [0.5, 0.6) is 0 Å². The monoisotopic (exact) mass is 387 g/mol. The van der Waals surface area contributed by atoms with Crippen molar-refractivity contribution in [3.63, 3.8) is 0 Å². The Morgan fingerprint density at radius 2 is 1.57 bits per heavy atom. The summed E-state index contributed by atoms with van der Waals surface area (Å²) >= 11 is 6.06. The third-order valence-corrected chi connectivity index (χ3v) is 5.09. The molecular formula is C24H22ClN3. The van der Waals surface area contributed by atoms with Gasteiger partial charge in [0.2, 0.25) is 0 Å². The van der Waals surface area contributed by atoms with E-state index < -0.39 is 0 Å². The van der Waals surface area contributed by atoms with Crippen molar-refractivity contribution in [2.75, 3.05) is 0 Å². The van der Waals surface area contributed by atoms with Gasteiger partial charge in [-0.05, 0) is 34.4 Å². The molecule has 3 nitrogen and oxygen atoms in total. The van der Waals surface area contributed by atoms with Gasteiger partial charge in [-0.25, -0.2) is 4.98 Å². The van der Waals surface area contributed by atoms with Crippen LogP contribution in [-0.4, -0.2) is 9.55 Å². The van der Waals surface area contributed by atoms with Crippen molar-refractivity contribution in [1.82, 2.24) is 14.9 Å². The molecule has 0 saturated heterocycles. The maximum absolute atomic E-state index is 6.06. The summed E-state index contributed by atoms with van der Waals surface area (Å²) in [6.07, 6.45) is 5.64. The van der Waals surface area contributed by atoms with Crippen molar-refractivity contribution in [2.24, 2.45) is 0 Å². The lowest BCUT2D eigenvalue weighted by atomic mass is 10.0. The molecule has 1 unspecified atom stereocenters. The second-order valence-corrected chi connectivity index (χ2v) is 7.24. The van der Waals surface area contributed by atoms with E-state index in [2.05, 4.69) is 75.5 Å². The lowest BCUT2D eigenvalue weighted by Gasteiger charge is -2.20. The van der Waals surface area contributed by atoms with E-state index in [0.29, 0.717) is 0 Å². The number of hydrogen-bond donors (Lipinski definition) is 1. The first-order chi connectivity index (χ1) is 13.8. The van der Waals surface area contributed by atoms with Gasteiger partial charge in [0.1, 0.15) is 0 Å². The zero-order valence-corrected chi connectivity index (χ0v) is 16.3. The average Bonchev–Trinajstić information content (AvgIpc) is 3.26. The topological polar surface area (TPSA) is 29.9 Å². The third kappa shape index (κ3) is 4.69. The molecule has 0 saturated carbocycles. The van der Waals surface area contributed by atoms with Gasteiger partial charge in [0.25, 0.3) is 0 Å². The Kier molecular flexibility index (Phi) is 5.86. The van der Waals surface area contributed by atoms with E-state index in [0.717, 1.165) is 18.1 Å². The smallest absolute Gasteiger partial charge is 0.0946 e. The Hall–Kier alpha value is -2.88. The lowest BCUT2D eigenvalue weighted by molar-refractivity contribution is 0.462. The first kappa shape index (κ1) is 18.5. The molecule has 0 fully saturated rings. The molecule has 0 amide bonds. The van der Waals surface area contributed by atoms with Crippen molar-refractivity contribution < 1.29 is 0 Å². The van der Waals surface area contributed by atoms with Gasteiger partial charge in [-0.2, -0.15) is 0 Å². The molecule has 1 atom stereocenters. The quantitative estimate of drug-likeness (QED) is 0.438. The maximum atomic E-state index is 6.06. The Bertz CT molecular complexity index is 978. The van der Waals surface area contributed by atoms with E-state index in [9.17, 15) is 0 Å². The van der Waals surface area contributed by atoms with Crippen LogP contribution in [0, 0.1) is 0 Å². The zero-order chi connectivity index (χ0) is 19.2. The van der Waals surface area contributed by atoms with Crippen LogP contribution >= 0.6 is 11.6 Å². The highest BCUT2D eigenvalue weighted by molar-refractivity contribution is 6.30. The van der Waals surface area contributed by atoms with Gasteiger partial charge in [-0.15, -0.1) is 0 Å². The Balaban J connectivity index is 1.47. The van der Waals surface area contributed by atoms with Crippen LogP contribution in [0.15, 0.2) is 97.6 Å². The number of halogens is 1. The zero-order valence-electron chi connectivity index (χ0n) is 15.5. The molecule has 0 radical (unpaired) electrons. The lowest BCUT2D eigenvalue weighted by Crippen LogP contribution is -2.25. The predicted octanol–water partition coefficient (Wildman–Crippen LogP) is 5.73. The Labute approximate surface area is 170 Å². The molecule has 0 aliphatic heterocycles. The van der Waals surface area contributed by atoms with Gasteiger partial charge in [0.05, 0.1) is 12.4 Å². The van der Waals surface area contributed by atoms with Gasteiger partial charge in [0.15, 0.2) is 0 Å². The summed E-state index contributed by atoms with van der Waals surface area (Å²) in [7, 11) is 0. The van der Waals surface area contributed by atoms with E-state index in [1.54, 1.807) is 6.20 Å². The summed E-state index contributed by atoms with van der Waals surface area (Å²) < 4.78 is 2.09. The Morgan fingerprint density at radius 1 is 0.857 bits per heavy atom. The van der Waals surface area contributed by atoms with Crippen molar-refractivity contribution >= 4 is 11.6 Å². The summed E-state index contributed by atoms with van der Waals surface area (Å²) in [5, 5.41) is 4.43. The number of nitrogens with zero attached hydrogens (tertiary/aromatic N) is 2. The van der Waals surface area contributed by atoms with Gasteiger partial charge in [0, 0.05) is 30.5 Å². The minimum absolute atomic E-state index is 0.167. The summed E-state index contributed by atoms with van der Waals surface area (Å²) in [5.41, 5.74) is 4.93. The highest BCUT2D eigenvalue weighted by Gasteiger charge is 2.12. The first-order valence-electron chi connectivity index (χ1n) is 9.37. The van der Waals surface area contributed by atoms with E-state index in [-0.39, 0.29) is 6.04 Å². The Morgan fingerprint density at radius 3 is 2.25 bits per heavy atom. The number of benzene rings is 3. The number of aromatic nitrogens is 2. The molecule has 4 heteroatoms. The second-order valence-electron chi connectivity index (χ2n) is 6.81. The molecule has 28 heavy (non-hydrogen) atoms. The van der Waals surface area contributed by atoms with Crippen LogP contribution in [0.3, 0.4) is 0 Å². The number of imidazole rings is 1. The molecule has 0 aliphatic rings. The van der Waals surface area contributed by atoms with Crippen molar-refractivity contribution in [1.29, 1.82) is 0 Å². The van der Waals surface area contributed by atoms with Crippen LogP contribution in [0.1, 0.15) is 17.2 Å². The van der Waals surface area contributed by atoms with Gasteiger partial charge >= 0.3 is 0 Å². The second kappa shape index (κ2) is 8.87. The van der Waals surface area contributed by atoms with E-state index in [1.165, 1.54) is 22.3 Å². The predicted molar refractivity (Wildman–Crippen MR) is 115 cm³/mol. The van der Waals surface area contributed by atoms with Gasteiger partial charge in [-0.1, -0.05) is 78.3 Å². The van der Waals surface area contributed by atoms with Crippen LogP contribution in [-0.2, 0) is 13.1 Å². The van der Waals surface area contributed by atoms with Gasteiger partial charge < -0.3 is 9.88 Å². The van der Waals surface area contributed by atoms with Crippen molar-refractivity contribution in [3.05, 3.63) is 114 Å². The highest BCUT2D eigenvalue weighted by Crippen LogP contribution is 2.21. The van der Waals surface area contributed by atoms with Gasteiger partial charge in [-0.3, -0.25) is 0 Å². The normalized spacial score (nSPS) is 12.0. The molecule has 4 aromatic rings. The molecule has 0 aliphatic carbocycles. The molecule has 3 aromatic carbocycles. The maximum Gasteiger partial charge on any atom is 0.0946 e. The van der Waals surface area contributed by atoms with Crippen LogP contribution in [0.4, 0.5) is 0 Å². The van der Waals surface area contributed by atoms with Crippen molar-refractivity contribution in [3.8, 4) is 11.1 Å². The molecule has 4 rings (SSSR count). The summed E-state index contributed by atoms with van der Waals surface area (Å²) in [4.78, 5) is 4.15. The number of nitrogens with one attached hydrogen (secondary N) is 1. The van der Waals surface area contributed by atoms with Crippen LogP contribution in [0.25, 0.3) is 11.1 Å². The molecular weight excluding hydrogens is 366 g/mol. The van der Waals surface area contributed by atoms with Crippen molar-refractivity contribution in [2.45, 2.75) is 19.1 Å². The molecule has 1 N–H and O–H groups in total. The number of rotatable bonds is 7. The number of hydrogen-bond acceptors (Lipinski definition) is 2. The molecule has 1 heterocycles. The summed E-state index contributed by atoms with van der Waals surface area (Å²) in [6.45, 7) is 1.60. The fourth-order valence-electron chi connectivity index (χ4n) is 3.28. The first-order valence-corrected chi connectivity index (χ1v) is 9.75. The fourth-order valence-corrected chi connectivity index (χ4v) is 3.40. The summed E-state index contributed by atoms with van der Waals surface area (Å²) in [5.74, 6) is 0. The average molecular weight is 388 g/mol. The van der Waals surface area contributed by atoms with E-state index in [4.69, 9.17) is 11.6 Å². The summed E-state index contributed by atoms with van der Waals surface area (Å²) in [6, 6.07) is 27.4. The third-order valence-electron chi connectivity index (χ3n) is 4.84. The molecule has 140 valence electrons. The standard InChI is InChI=1S/C24H22ClN3/c25-23-12-10-22(11-13-23)24(17-28-15-14-26-18-28)27-16-19-6-8-21(9-7-19)20-4-2-1-3-5-20/h1-15,18,24,27H,16-17H2. The SMILES string of the molecule is Clc1ccc(C(Cn2ccnc2)NCc2ccc(-c3ccccc3)cc2)cc1. The molecule has 1 aromatic heterocycles. The van der Waals surface area contributed by atoms with E-state index >= 15 is 0 Å². The molecule has 0 bridgehead atoms. The fraction of sp³-hybridized carbons (Fsp3) is 0.125. The minimum Gasteiger partial charge on any atom is -0.336 e. The van der Waals surface area contributed by atoms with Crippen LogP contribution < -0.4 is 5.32 Å². The largest absolute Gasteiger partial charge is 0.336 e. The van der Waals surface area contributed by atoms with Crippen LogP contribution in [0.2, 0.25) is 5.02 Å². The highest BCUT2D eigenvalue weighted by atomic mass is 35.5. The van der Waals surface area contributed by atoms with E-state index in [1.807, 2.05) is 30.7 Å². The molecule has 0 spiro atoms.